The van der Waals surface area contributed by atoms with Crippen molar-refractivity contribution in [2.24, 2.45) is 23.7 Å². The third kappa shape index (κ3) is 3.72. The van der Waals surface area contributed by atoms with Crippen molar-refractivity contribution in [2.45, 2.75) is 82.8 Å². The number of halogens is 1. The molecule has 5 saturated carbocycles. The second kappa shape index (κ2) is 8.50. The minimum atomic E-state index is -0.726. The van der Waals surface area contributed by atoms with E-state index in [1.54, 1.807) is 0 Å². The molecule has 6 rings (SSSR count). The lowest BCUT2D eigenvalue weighted by molar-refractivity contribution is -0.179. The zero-order chi connectivity index (χ0) is 20.7. The van der Waals surface area contributed by atoms with Crippen molar-refractivity contribution >= 4 is 11.6 Å². The first-order valence-electron chi connectivity index (χ1n) is 12.3. The first-order valence-corrected chi connectivity index (χ1v) is 12.7. The van der Waals surface area contributed by atoms with Crippen LogP contribution in [-0.2, 0) is 5.60 Å². The maximum Gasteiger partial charge on any atom is 0.0967 e. The van der Waals surface area contributed by atoms with Gasteiger partial charge in [-0.15, -0.1) is 0 Å². The lowest BCUT2D eigenvalue weighted by Crippen LogP contribution is -2.55. The molecule has 1 aromatic carbocycles. The van der Waals surface area contributed by atoms with E-state index in [9.17, 15) is 5.11 Å². The third-order valence-electron chi connectivity index (χ3n) is 8.80. The van der Waals surface area contributed by atoms with Gasteiger partial charge in [0.25, 0.3) is 0 Å². The summed E-state index contributed by atoms with van der Waals surface area (Å²) in [5.41, 5.74) is 1.20. The molecule has 4 bridgehead atoms. The highest BCUT2D eigenvalue weighted by atomic mass is 35.5. The van der Waals surface area contributed by atoms with Crippen LogP contribution < -0.4 is 0 Å². The molecule has 5 fully saturated rings. The van der Waals surface area contributed by atoms with E-state index in [2.05, 4.69) is 35.8 Å². The number of benzene rings is 1. The van der Waals surface area contributed by atoms with Crippen LogP contribution in [0.1, 0.15) is 82.3 Å². The summed E-state index contributed by atoms with van der Waals surface area (Å²) in [5, 5.41) is 12.5. The highest BCUT2D eigenvalue weighted by molar-refractivity contribution is 6.31. The van der Waals surface area contributed by atoms with E-state index in [0.717, 1.165) is 36.1 Å². The fourth-order valence-corrected chi connectivity index (χ4v) is 7.78. The highest BCUT2D eigenvalue weighted by Crippen LogP contribution is 2.62. The van der Waals surface area contributed by atoms with Crippen molar-refractivity contribution < 1.29 is 5.11 Å². The molecule has 30 heavy (non-hydrogen) atoms. The third-order valence-corrected chi connectivity index (χ3v) is 9.11. The van der Waals surface area contributed by atoms with Crippen molar-refractivity contribution in [2.75, 3.05) is 13.1 Å². The van der Waals surface area contributed by atoms with Crippen LogP contribution in [0.2, 0.25) is 5.02 Å². The molecule has 0 saturated heterocycles. The maximum absolute atomic E-state index is 11.8. The lowest BCUT2D eigenvalue weighted by atomic mass is 9.48. The van der Waals surface area contributed by atoms with Crippen LogP contribution in [0.25, 0.3) is 0 Å². The van der Waals surface area contributed by atoms with Crippen molar-refractivity contribution in [3.05, 3.63) is 34.3 Å². The summed E-state index contributed by atoms with van der Waals surface area (Å²) in [6.45, 7) is 4.14. The Labute approximate surface area is 187 Å². The average molecular weight is 426 g/mol. The molecule has 3 heteroatoms. The average Bonchev–Trinajstić information content (AvgIpc) is 2.75. The Balaban J connectivity index is 1.30. The molecule has 0 atom stereocenters. The fourth-order valence-electron chi connectivity index (χ4n) is 7.45. The second-order valence-corrected chi connectivity index (χ2v) is 10.9. The van der Waals surface area contributed by atoms with E-state index in [-0.39, 0.29) is 0 Å². The Morgan fingerprint density at radius 3 is 2.30 bits per heavy atom. The van der Waals surface area contributed by atoms with Gasteiger partial charge in [0.2, 0.25) is 0 Å². The smallest absolute Gasteiger partial charge is 0.0967 e. The summed E-state index contributed by atoms with van der Waals surface area (Å²) in [5.74, 6) is 9.17. The van der Waals surface area contributed by atoms with Crippen LogP contribution in [-0.4, -0.2) is 29.1 Å². The van der Waals surface area contributed by atoms with E-state index < -0.39 is 5.60 Å². The van der Waals surface area contributed by atoms with Gasteiger partial charge in [0.15, 0.2) is 0 Å². The SMILES string of the molecule is CCN(CC#Cc1ccc(C2(O)C3CC4CC(C3)CC2C4)c(Cl)c1)C1CCCCC1. The van der Waals surface area contributed by atoms with E-state index in [1.165, 1.54) is 64.2 Å². The van der Waals surface area contributed by atoms with Crippen molar-refractivity contribution in [1.82, 2.24) is 4.90 Å². The molecule has 5 aliphatic rings. The Bertz CT molecular complexity index is 803. The summed E-state index contributed by atoms with van der Waals surface area (Å²) in [7, 11) is 0. The minimum Gasteiger partial charge on any atom is -0.385 e. The standard InChI is InChI=1S/C27H36ClNO/c1-2-29(24-8-4-3-5-9-24)12-6-7-19-10-11-25(26(28)18-19)27(30)22-14-20-13-21(16-22)17-23(27)15-20/h10-11,18,20-24,30H,2-5,8-9,12-17H2,1H3. The molecular weight excluding hydrogens is 390 g/mol. The molecule has 5 aliphatic carbocycles. The zero-order valence-corrected chi connectivity index (χ0v) is 19.1. The van der Waals surface area contributed by atoms with E-state index >= 15 is 0 Å². The summed E-state index contributed by atoms with van der Waals surface area (Å²) < 4.78 is 0. The predicted molar refractivity (Wildman–Crippen MR) is 123 cm³/mol. The molecule has 0 aliphatic heterocycles. The monoisotopic (exact) mass is 425 g/mol. The second-order valence-electron chi connectivity index (χ2n) is 10.5. The summed E-state index contributed by atoms with van der Waals surface area (Å²) >= 11 is 6.76. The number of aliphatic hydroxyl groups is 1. The molecule has 0 amide bonds. The van der Waals surface area contributed by atoms with Crippen LogP contribution in [0.15, 0.2) is 18.2 Å². The molecule has 162 valence electrons. The Morgan fingerprint density at radius 2 is 1.70 bits per heavy atom. The fraction of sp³-hybridized carbons (Fsp3) is 0.704. The normalized spacial score (nSPS) is 35.5. The number of hydrogen-bond acceptors (Lipinski definition) is 2. The molecule has 1 aromatic rings. The van der Waals surface area contributed by atoms with Crippen molar-refractivity contribution in [3.8, 4) is 11.8 Å². The molecular formula is C27H36ClNO. The predicted octanol–water partition coefficient (Wildman–Crippen LogP) is 5.99. The molecule has 0 heterocycles. The van der Waals surface area contributed by atoms with Crippen molar-refractivity contribution in [1.29, 1.82) is 0 Å². The lowest BCUT2D eigenvalue weighted by Gasteiger charge is -2.59. The maximum atomic E-state index is 11.8. The van der Waals surface area contributed by atoms with Crippen LogP contribution in [0.5, 0.6) is 0 Å². The van der Waals surface area contributed by atoms with Crippen LogP contribution in [0.3, 0.4) is 0 Å². The Kier molecular flexibility index (Phi) is 5.91. The molecule has 0 spiro atoms. The molecule has 2 nitrogen and oxygen atoms in total. The first-order chi connectivity index (χ1) is 14.6. The first kappa shape index (κ1) is 20.9. The highest BCUT2D eigenvalue weighted by Gasteiger charge is 2.57. The van der Waals surface area contributed by atoms with Gasteiger partial charge in [-0.2, -0.15) is 0 Å². The van der Waals surface area contributed by atoms with Gasteiger partial charge in [0.1, 0.15) is 0 Å². The molecule has 0 unspecified atom stereocenters. The minimum absolute atomic E-state index is 0.386. The number of rotatable bonds is 4. The summed E-state index contributed by atoms with van der Waals surface area (Å²) in [4.78, 5) is 2.53. The van der Waals surface area contributed by atoms with E-state index in [1.807, 2.05) is 6.07 Å². The Hall–Kier alpha value is -1.01. The van der Waals surface area contributed by atoms with Crippen LogP contribution in [0, 0.1) is 35.5 Å². The number of nitrogens with zero attached hydrogens (tertiary/aromatic N) is 1. The van der Waals surface area contributed by atoms with Crippen molar-refractivity contribution in [3.63, 3.8) is 0 Å². The molecule has 0 aromatic heterocycles. The summed E-state index contributed by atoms with van der Waals surface area (Å²) in [6, 6.07) is 6.85. The van der Waals surface area contributed by atoms with Gasteiger partial charge in [-0.3, -0.25) is 4.90 Å². The Morgan fingerprint density at radius 1 is 1.03 bits per heavy atom. The summed E-state index contributed by atoms with van der Waals surface area (Å²) in [6.07, 6.45) is 12.8. The van der Waals surface area contributed by atoms with Gasteiger partial charge in [0.05, 0.1) is 12.1 Å². The largest absolute Gasteiger partial charge is 0.385 e. The number of hydrogen-bond donors (Lipinski definition) is 1. The topological polar surface area (TPSA) is 23.5 Å². The van der Waals surface area contributed by atoms with E-state index in [4.69, 9.17) is 11.6 Å². The van der Waals surface area contributed by atoms with Gasteiger partial charge in [0, 0.05) is 22.2 Å². The van der Waals surface area contributed by atoms with Gasteiger partial charge in [-0.1, -0.05) is 55.7 Å². The zero-order valence-electron chi connectivity index (χ0n) is 18.4. The van der Waals surface area contributed by atoms with E-state index in [0.29, 0.717) is 22.9 Å². The van der Waals surface area contributed by atoms with Gasteiger partial charge in [-0.05, 0) is 87.3 Å². The van der Waals surface area contributed by atoms with Gasteiger partial charge in [-0.25, -0.2) is 0 Å². The van der Waals surface area contributed by atoms with Gasteiger partial charge < -0.3 is 5.11 Å². The quantitative estimate of drug-likeness (QED) is 0.599. The molecule has 0 radical (unpaired) electrons. The van der Waals surface area contributed by atoms with Gasteiger partial charge >= 0.3 is 0 Å². The van der Waals surface area contributed by atoms with Crippen LogP contribution in [0.4, 0.5) is 0 Å². The molecule has 1 N–H and O–H groups in total. The van der Waals surface area contributed by atoms with Crippen LogP contribution >= 0.6 is 11.6 Å².